The maximum Gasteiger partial charge on any atom is 0.251 e. The van der Waals surface area contributed by atoms with Crippen LogP contribution in [0.3, 0.4) is 0 Å². The number of pyridine rings is 1. The summed E-state index contributed by atoms with van der Waals surface area (Å²) in [5.41, 5.74) is -0.150. The maximum absolute atomic E-state index is 13.3. The Morgan fingerprint density at radius 2 is 1.83 bits per heavy atom. The SMILES string of the molecule is CN(C)CC(C)(C)CNc1nc(F)c(F)cc1F. The van der Waals surface area contributed by atoms with E-state index in [0.29, 0.717) is 12.6 Å². The van der Waals surface area contributed by atoms with Gasteiger partial charge in [0.1, 0.15) is 0 Å². The second kappa shape index (κ2) is 5.56. The first-order chi connectivity index (χ1) is 8.21. The molecular formula is C12H18F3N3. The molecule has 0 saturated carbocycles. The van der Waals surface area contributed by atoms with Gasteiger partial charge in [-0.1, -0.05) is 13.8 Å². The van der Waals surface area contributed by atoms with Gasteiger partial charge < -0.3 is 10.2 Å². The lowest BCUT2D eigenvalue weighted by molar-refractivity contribution is 0.253. The minimum Gasteiger partial charge on any atom is -0.367 e. The van der Waals surface area contributed by atoms with Crippen molar-refractivity contribution in [2.24, 2.45) is 5.41 Å². The molecule has 1 rings (SSSR count). The lowest BCUT2D eigenvalue weighted by Crippen LogP contribution is -2.34. The van der Waals surface area contributed by atoms with Crippen molar-refractivity contribution in [3.8, 4) is 0 Å². The normalized spacial score (nSPS) is 12.0. The summed E-state index contributed by atoms with van der Waals surface area (Å²) in [4.78, 5) is 5.21. The van der Waals surface area contributed by atoms with Crippen molar-refractivity contribution in [3.05, 3.63) is 23.6 Å². The molecule has 1 heterocycles. The Balaban J connectivity index is 2.72. The Hall–Kier alpha value is -1.30. The molecule has 0 atom stereocenters. The number of halogens is 3. The standard InChI is InChI=1S/C12H18F3N3/c1-12(2,7-18(3)4)6-16-11-9(14)5-8(13)10(15)17-11/h5H,6-7H2,1-4H3,(H,16,17). The number of rotatable bonds is 5. The molecule has 0 aliphatic carbocycles. The van der Waals surface area contributed by atoms with Gasteiger partial charge in [-0.2, -0.15) is 9.37 Å². The van der Waals surface area contributed by atoms with Crippen LogP contribution in [0.25, 0.3) is 0 Å². The first-order valence-electron chi connectivity index (χ1n) is 5.61. The monoisotopic (exact) mass is 261 g/mol. The van der Waals surface area contributed by atoms with Crippen LogP contribution in [0.2, 0.25) is 0 Å². The van der Waals surface area contributed by atoms with Crippen LogP contribution in [0.15, 0.2) is 6.07 Å². The molecule has 1 aromatic heterocycles. The summed E-state index contributed by atoms with van der Waals surface area (Å²) in [5.74, 6) is -3.75. The van der Waals surface area contributed by atoms with Crippen molar-refractivity contribution in [1.29, 1.82) is 0 Å². The van der Waals surface area contributed by atoms with Crippen LogP contribution in [0.4, 0.5) is 19.0 Å². The van der Waals surface area contributed by atoms with E-state index in [4.69, 9.17) is 0 Å². The van der Waals surface area contributed by atoms with Gasteiger partial charge in [-0.3, -0.25) is 0 Å². The molecule has 0 radical (unpaired) electrons. The van der Waals surface area contributed by atoms with Gasteiger partial charge in [0.15, 0.2) is 17.5 Å². The van der Waals surface area contributed by atoms with Crippen molar-refractivity contribution in [1.82, 2.24) is 9.88 Å². The Morgan fingerprint density at radius 3 is 2.39 bits per heavy atom. The molecule has 0 amide bonds. The van der Waals surface area contributed by atoms with Crippen LogP contribution in [0.5, 0.6) is 0 Å². The lowest BCUT2D eigenvalue weighted by Gasteiger charge is -2.28. The molecule has 3 nitrogen and oxygen atoms in total. The van der Waals surface area contributed by atoms with Gasteiger partial charge in [-0.15, -0.1) is 0 Å². The minimum atomic E-state index is -1.30. The molecule has 0 aliphatic heterocycles. The number of hydrogen-bond acceptors (Lipinski definition) is 3. The molecule has 0 saturated heterocycles. The summed E-state index contributed by atoms with van der Waals surface area (Å²) in [6, 6.07) is 0.490. The molecule has 0 aliphatic rings. The van der Waals surface area contributed by atoms with E-state index in [9.17, 15) is 13.2 Å². The largest absolute Gasteiger partial charge is 0.367 e. The Morgan fingerprint density at radius 1 is 1.22 bits per heavy atom. The molecular weight excluding hydrogens is 243 g/mol. The number of nitrogens with zero attached hydrogens (tertiary/aromatic N) is 2. The Labute approximate surface area is 105 Å². The van der Waals surface area contributed by atoms with Crippen molar-refractivity contribution < 1.29 is 13.2 Å². The summed E-state index contributed by atoms with van der Waals surface area (Å²) in [5, 5.41) is 2.71. The summed E-state index contributed by atoms with van der Waals surface area (Å²) in [6.45, 7) is 5.14. The van der Waals surface area contributed by atoms with E-state index in [-0.39, 0.29) is 11.2 Å². The Kier molecular flexibility index (Phi) is 4.56. The average Bonchev–Trinajstić information content (AvgIpc) is 2.19. The topological polar surface area (TPSA) is 28.2 Å². The fourth-order valence-corrected chi connectivity index (χ4v) is 1.80. The summed E-state index contributed by atoms with van der Waals surface area (Å²) < 4.78 is 38.9. The van der Waals surface area contributed by atoms with E-state index in [2.05, 4.69) is 10.3 Å². The highest BCUT2D eigenvalue weighted by Gasteiger charge is 2.20. The predicted molar refractivity (Wildman–Crippen MR) is 64.9 cm³/mol. The van der Waals surface area contributed by atoms with Crippen molar-refractivity contribution in [2.45, 2.75) is 13.8 Å². The van der Waals surface area contributed by atoms with Crippen molar-refractivity contribution >= 4 is 5.82 Å². The molecule has 1 aromatic rings. The van der Waals surface area contributed by atoms with Crippen LogP contribution in [0.1, 0.15) is 13.8 Å². The molecule has 0 fully saturated rings. The molecule has 0 spiro atoms. The highest BCUT2D eigenvalue weighted by molar-refractivity contribution is 5.36. The van der Waals surface area contributed by atoms with Gasteiger partial charge in [0, 0.05) is 19.2 Å². The van der Waals surface area contributed by atoms with E-state index >= 15 is 0 Å². The predicted octanol–water partition coefficient (Wildman–Crippen LogP) is 2.50. The summed E-state index contributed by atoms with van der Waals surface area (Å²) >= 11 is 0. The van der Waals surface area contributed by atoms with E-state index in [1.165, 1.54) is 0 Å². The summed E-state index contributed by atoms with van der Waals surface area (Å²) in [7, 11) is 3.86. The van der Waals surface area contributed by atoms with Crippen LogP contribution in [0, 0.1) is 23.0 Å². The molecule has 1 N–H and O–H groups in total. The molecule has 102 valence electrons. The molecule has 0 unspecified atom stereocenters. The van der Waals surface area contributed by atoms with Crippen LogP contribution >= 0.6 is 0 Å². The zero-order valence-corrected chi connectivity index (χ0v) is 11.0. The third kappa shape index (κ3) is 4.18. The molecule has 0 aromatic carbocycles. The lowest BCUT2D eigenvalue weighted by atomic mass is 9.93. The summed E-state index contributed by atoms with van der Waals surface area (Å²) in [6.07, 6.45) is 0. The number of aromatic nitrogens is 1. The number of hydrogen-bond donors (Lipinski definition) is 1. The quantitative estimate of drug-likeness (QED) is 0.825. The fourth-order valence-electron chi connectivity index (χ4n) is 1.80. The smallest absolute Gasteiger partial charge is 0.251 e. The average molecular weight is 261 g/mol. The van der Waals surface area contributed by atoms with Gasteiger partial charge in [0.05, 0.1) is 0 Å². The fraction of sp³-hybridized carbons (Fsp3) is 0.583. The zero-order valence-electron chi connectivity index (χ0n) is 11.0. The first-order valence-corrected chi connectivity index (χ1v) is 5.61. The second-order valence-corrected chi connectivity index (χ2v) is 5.35. The molecule has 6 heteroatoms. The zero-order chi connectivity index (χ0) is 13.9. The highest BCUT2D eigenvalue weighted by atomic mass is 19.2. The molecule has 18 heavy (non-hydrogen) atoms. The van der Waals surface area contributed by atoms with E-state index in [1.54, 1.807) is 0 Å². The third-order valence-electron chi connectivity index (χ3n) is 2.37. The van der Waals surface area contributed by atoms with Gasteiger partial charge in [0.2, 0.25) is 0 Å². The van der Waals surface area contributed by atoms with Gasteiger partial charge in [0.25, 0.3) is 5.95 Å². The second-order valence-electron chi connectivity index (χ2n) is 5.35. The van der Waals surface area contributed by atoms with E-state index < -0.39 is 17.6 Å². The number of anilines is 1. The minimum absolute atomic E-state index is 0.150. The first kappa shape index (κ1) is 14.8. The van der Waals surface area contributed by atoms with Crippen molar-refractivity contribution in [3.63, 3.8) is 0 Å². The van der Waals surface area contributed by atoms with Gasteiger partial charge >= 0.3 is 0 Å². The van der Waals surface area contributed by atoms with Crippen LogP contribution < -0.4 is 5.32 Å². The van der Waals surface area contributed by atoms with E-state index in [0.717, 1.165) is 6.54 Å². The van der Waals surface area contributed by atoms with Gasteiger partial charge in [-0.05, 0) is 19.5 Å². The third-order valence-corrected chi connectivity index (χ3v) is 2.37. The van der Waals surface area contributed by atoms with E-state index in [1.807, 2.05) is 32.8 Å². The van der Waals surface area contributed by atoms with Crippen LogP contribution in [-0.2, 0) is 0 Å². The van der Waals surface area contributed by atoms with Crippen molar-refractivity contribution in [2.75, 3.05) is 32.5 Å². The van der Waals surface area contributed by atoms with Gasteiger partial charge in [-0.25, -0.2) is 8.78 Å². The van der Waals surface area contributed by atoms with Crippen LogP contribution in [-0.4, -0.2) is 37.1 Å². The Bertz CT molecular complexity index is 419. The number of nitrogens with one attached hydrogen (secondary N) is 1. The highest BCUT2D eigenvalue weighted by Crippen LogP contribution is 2.19. The maximum atomic E-state index is 13.3. The molecule has 0 bridgehead atoms.